The van der Waals surface area contributed by atoms with Gasteiger partial charge in [0.2, 0.25) is 0 Å². The number of aromatic nitrogens is 4. The molecule has 3 aromatic rings. The number of rotatable bonds is 3. The zero-order chi connectivity index (χ0) is 15.0. The second-order valence-electron chi connectivity index (χ2n) is 4.67. The molecule has 0 saturated heterocycles. The molecule has 0 aliphatic carbocycles. The Morgan fingerprint density at radius 3 is 2.90 bits per heavy atom. The van der Waals surface area contributed by atoms with Crippen molar-refractivity contribution in [3.8, 4) is 0 Å². The number of carbonyl (C=O) groups excluding carboxylic acids is 1. The number of hydrogen-bond acceptors (Lipinski definition) is 4. The molecule has 21 heavy (non-hydrogen) atoms. The van der Waals surface area contributed by atoms with Crippen LogP contribution in [0.25, 0.3) is 10.9 Å². The van der Waals surface area contributed by atoms with Gasteiger partial charge in [-0.1, -0.05) is 29.8 Å². The number of esters is 1. The number of halogens is 1. The summed E-state index contributed by atoms with van der Waals surface area (Å²) in [5, 5.41) is 12.2. The molecule has 7 heteroatoms. The number of carbonyl (C=O) groups is 1. The summed E-state index contributed by atoms with van der Waals surface area (Å²) in [5.74, 6) is -0.494. The third-order valence-electron chi connectivity index (χ3n) is 3.28. The normalized spacial score (nSPS) is 11.0. The summed E-state index contributed by atoms with van der Waals surface area (Å²) in [6.07, 6.45) is 0. The molecule has 1 N–H and O–H groups in total. The maximum absolute atomic E-state index is 12.1. The lowest BCUT2D eigenvalue weighted by Gasteiger charge is -2.03. The second-order valence-corrected chi connectivity index (χ2v) is 5.03. The van der Waals surface area contributed by atoms with Crippen LogP contribution in [0.2, 0.25) is 5.15 Å². The molecule has 3 rings (SSSR count). The molecule has 2 heterocycles. The lowest BCUT2D eigenvalue weighted by atomic mass is 10.2. The van der Waals surface area contributed by atoms with E-state index in [-0.39, 0.29) is 12.3 Å². The molecule has 0 fully saturated rings. The minimum atomic E-state index is -0.494. The fourth-order valence-corrected chi connectivity index (χ4v) is 2.39. The lowest BCUT2D eigenvalue weighted by Crippen LogP contribution is -2.07. The molecule has 0 bridgehead atoms. The summed E-state index contributed by atoms with van der Waals surface area (Å²) in [6.45, 7) is 1.89. The molecular weight excluding hydrogens is 292 g/mol. The molecule has 6 nitrogen and oxygen atoms in total. The maximum Gasteiger partial charge on any atom is 0.359 e. The molecule has 108 valence electrons. The number of para-hydroxylation sites is 1. The van der Waals surface area contributed by atoms with E-state index in [4.69, 9.17) is 16.3 Å². The number of benzene rings is 1. The molecule has 0 amide bonds. The average molecular weight is 305 g/mol. The van der Waals surface area contributed by atoms with Crippen molar-refractivity contribution >= 4 is 28.5 Å². The van der Waals surface area contributed by atoms with Crippen molar-refractivity contribution in [2.45, 2.75) is 13.5 Å². The van der Waals surface area contributed by atoms with Crippen LogP contribution in [0.5, 0.6) is 0 Å². The molecule has 0 unspecified atom stereocenters. The summed E-state index contributed by atoms with van der Waals surface area (Å²) in [5.41, 5.74) is 2.50. The van der Waals surface area contributed by atoms with E-state index in [1.165, 1.54) is 0 Å². The molecule has 0 aliphatic rings. The lowest BCUT2D eigenvalue weighted by molar-refractivity contribution is 0.0467. The van der Waals surface area contributed by atoms with Crippen molar-refractivity contribution < 1.29 is 9.53 Å². The smallest absolute Gasteiger partial charge is 0.359 e. The number of aryl methyl sites for hydroxylation is 2. The molecule has 0 spiro atoms. The van der Waals surface area contributed by atoms with Gasteiger partial charge in [0, 0.05) is 18.0 Å². The van der Waals surface area contributed by atoms with Crippen LogP contribution < -0.4 is 0 Å². The van der Waals surface area contributed by atoms with E-state index < -0.39 is 5.97 Å². The standard InChI is InChI=1S/C14H13ClN4O2/c1-8-10(13(15)19(2)18-8)7-21-14(20)12-9-5-3-4-6-11(9)16-17-12/h3-6H,7H2,1-2H3,(H,16,17). The quantitative estimate of drug-likeness (QED) is 0.755. The van der Waals surface area contributed by atoms with Crippen LogP contribution in [-0.2, 0) is 18.4 Å². The van der Waals surface area contributed by atoms with E-state index in [0.29, 0.717) is 10.7 Å². The van der Waals surface area contributed by atoms with E-state index >= 15 is 0 Å². The van der Waals surface area contributed by atoms with E-state index in [9.17, 15) is 4.79 Å². The van der Waals surface area contributed by atoms with Crippen LogP contribution in [0, 0.1) is 6.92 Å². The van der Waals surface area contributed by atoms with Crippen molar-refractivity contribution in [3.05, 3.63) is 46.4 Å². The van der Waals surface area contributed by atoms with Gasteiger partial charge in [-0.3, -0.25) is 9.78 Å². The van der Waals surface area contributed by atoms with Gasteiger partial charge in [0.15, 0.2) is 5.69 Å². The summed E-state index contributed by atoms with van der Waals surface area (Å²) >= 11 is 6.10. The van der Waals surface area contributed by atoms with Crippen molar-refractivity contribution in [2.24, 2.45) is 7.05 Å². The number of nitrogens with zero attached hydrogens (tertiary/aromatic N) is 3. The molecule has 0 radical (unpaired) electrons. The largest absolute Gasteiger partial charge is 0.456 e. The Labute approximate surface area is 125 Å². The summed E-state index contributed by atoms with van der Waals surface area (Å²) < 4.78 is 6.84. The highest BCUT2D eigenvalue weighted by Gasteiger charge is 2.18. The van der Waals surface area contributed by atoms with Crippen molar-refractivity contribution in [2.75, 3.05) is 0 Å². The van der Waals surface area contributed by atoms with Crippen molar-refractivity contribution in [1.29, 1.82) is 0 Å². The first kappa shape index (κ1) is 13.6. The highest BCUT2D eigenvalue weighted by Crippen LogP contribution is 2.21. The van der Waals surface area contributed by atoms with E-state index in [1.807, 2.05) is 31.2 Å². The zero-order valence-corrected chi connectivity index (χ0v) is 12.3. The topological polar surface area (TPSA) is 72.8 Å². The van der Waals surface area contributed by atoms with Crippen LogP contribution >= 0.6 is 11.6 Å². The van der Waals surface area contributed by atoms with Gasteiger partial charge in [-0.05, 0) is 13.0 Å². The van der Waals surface area contributed by atoms with Crippen LogP contribution in [-0.4, -0.2) is 25.9 Å². The van der Waals surface area contributed by atoms with Crippen LogP contribution in [0.3, 0.4) is 0 Å². The summed E-state index contributed by atoms with van der Waals surface area (Å²) in [7, 11) is 1.74. The van der Waals surface area contributed by atoms with Gasteiger partial charge >= 0.3 is 5.97 Å². The second kappa shape index (κ2) is 5.21. The van der Waals surface area contributed by atoms with E-state index in [0.717, 1.165) is 16.6 Å². The fourth-order valence-electron chi connectivity index (χ4n) is 2.16. The number of ether oxygens (including phenoxy) is 1. The zero-order valence-electron chi connectivity index (χ0n) is 11.6. The van der Waals surface area contributed by atoms with Gasteiger partial charge in [0.25, 0.3) is 0 Å². The molecular formula is C14H13ClN4O2. The highest BCUT2D eigenvalue weighted by molar-refractivity contribution is 6.30. The Hall–Kier alpha value is -2.34. The van der Waals surface area contributed by atoms with E-state index in [2.05, 4.69) is 15.3 Å². The Morgan fingerprint density at radius 2 is 2.19 bits per heavy atom. The van der Waals surface area contributed by atoms with Crippen molar-refractivity contribution in [1.82, 2.24) is 20.0 Å². The number of hydrogen-bond donors (Lipinski definition) is 1. The highest BCUT2D eigenvalue weighted by atomic mass is 35.5. The Bertz CT molecular complexity index is 822. The van der Waals surface area contributed by atoms with Gasteiger partial charge in [0.05, 0.1) is 11.2 Å². The molecule has 0 aliphatic heterocycles. The maximum atomic E-state index is 12.1. The number of fused-ring (bicyclic) bond motifs is 1. The van der Waals surface area contributed by atoms with Gasteiger partial charge in [-0.25, -0.2) is 4.79 Å². The van der Waals surface area contributed by atoms with Gasteiger partial charge < -0.3 is 4.74 Å². The van der Waals surface area contributed by atoms with Gasteiger partial charge in [0.1, 0.15) is 11.8 Å². The van der Waals surface area contributed by atoms with Crippen LogP contribution in [0.15, 0.2) is 24.3 Å². The van der Waals surface area contributed by atoms with Gasteiger partial charge in [-0.15, -0.1) is 0 Å². The number of aromatic amines is 1. The van der Waals surface area contributed by atoms with Crippen LogP contribution in [0.1, 0.15) is 21.7 Å². The van der Waals surface area contributed by atoms with Crippen LogP contribution in [0.4, 0.5) is 0 Å². The predicted molar refractivity (Wildman–Crippen MR) is 78.2 cm³/mol. The fraction of sp³-hybridized carbons (Fsp3) is 0.214. The molecule has 0 atom stereocenters. The minimum Gasteiger partial charge on any atom is -0.456 e. The Kier molecular flexibility index (Phi) is 3.39. The van der Waals surface area contributed by atoms with Crippen molar-refractivity contribution in [3.63, 3.8) is 0 Å². The minimum absolute atomic E-state index is 0.0680. The third kappa shape index (κ3) is 2.38. The molecule has 2 aromatic heterocycles. The Balaban J connectivity index is 1.81. The monoisotopic (exact) mass is 304 g/mol. The predicted octanol–water partition coefficient (Wildman–Crippen LogP) is 2.62. The molecule has 0 saturated carbocycles. The first-order valence-corrected chi connectivity index (χ1v) is 6.74. The van der Waals surface area contributed by atoms with E-state index in [1.54, 1.807) is 11.7 Å². The SMILES string of the molecule is Cc1nn(C)c(Cl)c1COC(=O)c1n[nH]c2ccccc12. The third-order valence-corrected chi connectivity index (χ3v) is 3.75. The summed E-state index contributed by atoms with van der Waals surface area (Å²) in [4.78, 5) is 12.1. The first-order chi connectivity index (χ1) is 10.1. The van der Waals surface area contributed by atoms with Gasteiger partial charge in [-0.2, -0.15) is 10.2 Å². The summed E-state index contributed by atoms with van der Waals surface area (Å²) in [6, 6.07) is 7.38. The first-order valence-electron chi connectivity index (χ1n) is 6.36. The number of nitrogens with one attached hydrogen (secondary N) is 1. The molecule has 1 aromatic carbocycles. The Morgan fingerprint density at radius 1 is 1.43 bits per heavy atom. The number of H-pyrrole nitrogens is 1. The average Bonchev–Trinajstić information content (AvgIpc) is 3.00.